The van der Waals surface area contributed by atoms with E-state index in [0.717, 1.165) is 37.9 Å². The Balaban J connectivity index is 0.00000144. The highest BCUT2D eigenvalue weighted by molar-refractivity contribution is 5.92. The largest absolute Gasteiger partial charge is 0.328 e. The number of carbonyl (C=O) groups excluding carboxylic acids is 1. The predicted molar refractivity (Wildman–Crippen MR) is 104 cm³/mol. The van der Waals surface area contributed by atoms with Crippen LogP contribution in [0.25, 0.3) is 0 Å². The highest BCUT2D eigenvalue weighted by Gasteiger charge is 2.27. The molecule has 1 aromatic rings. The summed E-state index contributed by atoms with van der Waals surface area (Å²) in [4.78, 5) is 14.7. The number of halogens is 2. The molecule has 2 fully saturated rings. The summed E-state index contributed by atoms with van der Waals surface area (Å²) in [6, 6.07) is 8.50. The summed E-state index contributed by atoms with van der Waals surface area (Å²) in [6.07, 6.45) is 6.48. The Labute approximate surface area is 157 Å². The Morgan fingerprint density at radius 1 is 1.12 bits per heavy atom. The molecule has 0 bridgehead atoms. The SMILES string of the molecule is Cl.Cl.NC1CCC(C(=O)Nc2ccc(CCN3CCCC3)cc2)C1. The number of nitrogens with two attached hydrogens (primary N) is 1. The molecule has 3 N–H and O–H groups in total. The Morgan fingerprint density at radius 2 is 1.79 bits per heavy atom. The third-order valence-electron chi connectivity index (χ3n) is 4.98. The smallest absolute Gasteiger partial charge is 0.227 e. The van der Waals surface area contributed by atoms with Crippen molar-refractivity contribution in [2.24, 2.45) is 11.7 Å². The minimum absolute atomic E-state index is 0. The van der Waals surface area contributed by atoms with E-state index in [-0.39, 0.29) is 42.7 Å². The van der Waals surface area contributed by atoms with Crippen molar-refractivity contribution in [2.75, 3.05) is 25.0 Å². The molecule has 1 aromatic carbocycles. The molecular formula is C18H29Cl2N3O. The number of rotatable bonds is 5. The van der Waals surface area contributed by atoms with E-state index in [4.69, 9.17) is 5.73 Å². The van der Waals surface area contributed by atoms with E-state index in [1.165, 1.54) is 31.5 Å². The van der Waals surface area contributed by atoms with Crippen LogP contribution < -0.4 is 11.1 Å². The van der Waals surface area contributed by atoms with Gasteiger partial charge in [0.15, 0.2) is 0 Å². The van der Waals surface area contributed by atoms with Gasteiger partial charge in [-0.05, 0) is 69.3 Å². The number of anilines is 1. The van der Waals surface area contributed by atoms with Crippen molar-refractivity contribution < 1.29 is 4.79 Å². The first-order chi connectivity index (χ1) is 10.7. The van der Waals surface area contributed by atoms with E-state index >= 15 is 0 Å². The van der Waals surface area contributed by atoms with Gasteiger partial charge in [-0.25, -0.2) is 0 Å². The van der Waals surface area contributed by atoms with Gasteiger partial charge in [-0.1, -0.05) is 12.1 Å². The zero-order chi connectivity index (χ0) is 15.4. The second-order valence-corrected chi connectivity index (χ2v) is 6.75. The molecule has 0 radical (unpaired) electrons. The number of likely N-dealkylation sites (tertiary alicyclic amines) is 1. The quantitative estimate of drug-likeness (QED) is 0.832. The molecule has 1 aliphatic carbocycles. The number of nitrogens with one attached hydrogen (secondary N) is 1. The minimum atomic E-state index is 0. The first-order valence-corrected chi connectivity index (χ1v) is 8.58. The summed E-state index contributed by atoms with van der Waals surface area (Å²) < 4.78 is 0. The number of hydrogen-bond donors (Lipinski definition) is 2. The molecule has 1 saturated heterocycles. The average Bonchev–Trinajstić information content (AvgIpc) is 3.18. The Morgan fingerprint density at radius 3 is 2.38 bits per heavy atom. The van der Waals surface area contributed by atoms with Crippen LogP contribution in [0.3, 0.4) is 0 Å². The molecule has 0 spiro atoms. The molecule has 136 valence electrons. The third-order valence-corrected chi connectivity index (χ3v) is 4.98. The monoisotopic (exact) mass is 373 g/mol. The lowest BCUT2D eigenvalue weighted by atomic mass is 10.1. The van der Waals surface area contributed by atoms with Gasteiger partial charge in [-0.2, -0.15) is 0 Å². The van der Waals surface area contributed by atoms with Crippen LogP contribution in [0, 0.1) is 5.92 Å². The number of nitrogens with zero attached hydrogens (tertiary/aromatic N) is 1. The lowest BCUT2D eigenvalue weighted by Crippen LogP contribution is -2.23. The molecule has 2 aliphatic rings. The fourth-order valence-electron chi connectivity index (χ4n) is 3.55. The summed E-state index contributed by atoms with van der Waals surface area (Å²) in [6.45, 7) is 3.64. The topological polar surface area (TPSA) is 58.4 Å². The van der Waals surface area contributed by atoms with E-state index in [1.54, 1.807) is 0 Å². The van der Waals surface area contributed by atoms with Gasteiger partial charge >= 0.3 is 0 Å². The molecule has 1 amide bonds. The summed E-state index contributed by atoms with van der Waals surface area (Å²) in [7, 11) is 0. The van der Waals surface area contributed by atoms with E-state index in [9.17, 15) is 4.79 Å². The first kappa shape index (κ1) is 21.2. The van der Waals surface area contributed by atoms with Crippen molar-refractivity contribution in [2.45, 2.75) is 44.6 Å². The summed E-state index contributed by atoms with van der Waals surface area (Å²) >= 11 is 0. The zero-order valence-corrected chi connectivity index (χ0v) is 15.7. The molecule has 2 atom stereocenters. The molecular weight excluding hydrogens is 345 g/mol. The second-order valence-electron chi connectivity index (χ2n) is 6.75. The second kappa shape index (κ2) is 10.2. The van der Waals surface area contributed by atoms with Gasteiger partial charge in [-0.3, -0.25) is 4.79 Å². The van der Waals surface area contributed by atoms with Crippen LogP contribution in [0.4, 0.5) is 5.69 Å². The van der Waals surface area contributed by atoms with E-state index in [2.05, 4.69) is 22.3 Å². The van der Waals surface area contributed by atoms with Crippen molar-refractivity contribution in [3.05, 3.63) is 29.8 Å². The first-order valence-electron chi connectivity index (χ1n) is 8.58. The van der Waals surface area contributed by atoms with Gasteiger partial charge in [0, 0.05) is 24.2 Å². The van der Waals surface area contributed by atoms with Crippen LogP contribution >= 0.6 is 24.8 Å². The van der Waals surface area contributed by atoms with Crippen molar-refractivity contribution in [1.82, 2.24) is 4.90 Å². The molecule has 4 nitrogen and oxygen atoms in total. The van der Waals surface area contributed by atoms with Gasteiger partial charge in [0.25, 0.3) is 0 Å². The van der Waals surface area contributed by atoms with Gasteiger partial charge in [0.1, 0.15) is 0 Å². The maximum Gasteiger partial charge on any atom is 0.227 e. The molecule has 24 heavy (non-hydrogen) atoms. The molecule has 6 heteroatoms. The zero-order valence-electron chi connectivity index (χ0n) is 14.1. The molecule has 1 saturated carbocycles. The highest BCUT2D eigenvalue weighted by Crippen LogP contribution is 2.25. The van der Waals surface area contributed by atoms with Gasteiger partial charge < -0.3 is 16.0 Å². The van der Waals surface area contributed by atoms with E-state index < -0.39 is 0 Å². The maximum atomic E-state index is 12.2. The van der Waals surface area contributed by atoms with E-state index in [1.807, 2.05) is 12.1 Å². The van der Waals surface area contributed by atoms with Crippen LogP contribution in [0.15, 0.2) is 24.3 Å². The fourth-order valence-corrected chi connectivity index (χ4v) is 3.55. The maximum absolute atomic E-state index is 12.2. The van der Waals surface area contributed by atoms with Crippen LogP contribution in [-0.4, -0.2) is 36.5 Å². The van der Waals surface area contributed by atoms with Crippen LogP contribution in [-0.2, 0) is 11.2 Å². The fraction of sp³-hybridized carbons (Fsp3) is 0.611. The minimum Gasteiger partial charge on any atom is -0.328 e. The lowest BCUT2D eigenvalue weighted by Gasteiger charge is -2.14. The van der Waals surface area contributed by atoms with Crippen molar-refractivity contribution in [1.29, 1.82) is 0 Å². The Kier molecular flexibility index (Phi) is 9.06. The number of hydrogen-bond acceptors (Lipinski definition) is 3. The average molecular weight is 374 g/mol. The summed E-state index contributed by atoms with van der Waals surface area (Å²) in [5.74, 6) is 0.211. The Bertz CT molecular complexity index is 503. The summed E-state index contributed by atoms with van der Waals surface area (Å²) in [5.41, 5.74) is 8.12. The standard InChI is InChI=1S/C18H27N3O.2ClH/c19-16-6-5-15(13-16)18(22)20-17-7-3-14(4-8-17)9-12-21-10-1-2-11-21;;/h3-4,7-8,15-16H,1-2,5-6,9-13,19H2,(H,20,22);2*1H. The number of carbonyl (C=O) groups is 1. The van der Waals surface area contributed by atoms with Gasteiger partial charge in [0.05, 0.1) is 0 Å². The lowest BCUT2D eigenvalue weighted by molar-refractivity contribution is -0.119. The molecule has 3 rings (SSSR count). The van der Waals surface area contributed by atoms with E-state index in [0.29, 0.717) is 0 Å². The molecule has 0 aromatic heterocycles. The van der Waals surface area contributed by atoms with Crippen molar-refractivity contribution >= 4 is 36.4 Å². The van der Waals surface area contributed by atoms with Gasteiger partial charge in [-0.15, -0.1) is 24.8 Å². The third kappa shape index (κ3) is 5.92. The Hall–Kier alpha value is -0.810. The normalized spacial score (nSPS) is 23.4. The van der Waals surface area contributed by atoms with Crippen LogP contribution in [0.1, 0.15) is 37.7 Å². The van der Waals surface area contributed by atoms with Crippen LogP contribution in [0.2, 0.25) is 0 Å². The van der Waals surface area contributed by atoms with Crippen molar-refractivity contribution in [3.63, 3.8) is 0 Å². The highest BCUT2D eigenvalue weighted by atomic mass is 35.5. The summed E-state index contributed by atoms with van der Waals surface area (Å²) in [5, 5.41) is 3.02. The van der Waals surface area contributed by atoms with Crippen LogP contribution in [0.5, 0.6) is 0 Å². The number of amides is 1. The predicted octanol–water partition coefficient (Wildman–Crippen LogP) is 3.23. The molecule has 1 heterocycles. The van der Waals surface area contributed by atoms with Crippen molar-refractivity contribution in [3.8, 4) is 0 Å². The molecule has 2 unspecified atom stereocenters. The molecule has 1 aliphatic heterocycles. The van der Waals surface area contributed by atoms with Gasteiger partial charge in [0.2, 0.25) is 5.91 Å². The number of benzene rings is 1.